The van der Waals surface area contributed by atoms with Crippen LogP contribution in [0.5, 0.6) is 0 Å². The third-order valence-electron chi connectivity index (χ3n) is 2.32. The van der Waals surface area contributed by atoms with Crippen LogP contribution in [0.25, 0.3) is 0 Å². The number of carbonyl (C=O) groups excluding carboxylic acids is 1. The number of halogens is 1. The van der Waals surface area contributed by atoms with Crippen molar-refractivity contribution >= 4 is 39.3 Å². The zero-order valence-corrected chi connectivity index (χ0v) is 12.8. The second-order valence-corrected chi connectivity index (χ2v) is 6.07. The van der Waals surface area contributed by atoms with Crippen molar-refractivity contribution in [2.45, 2.75) is 17.3 Å². The Morgan fingerprint density at radius 3 is 2.95 bits per heavy atom. The molecule has 0 spiro atoms. The number of amides is 1. The largest absolute Gasteiger partial charge is 0.325 e. The van der Waals surface area contributed by atoms with Crippen LogP contribution in [0, 0.1) is 0 Å². The lowest BCUT2D eigenvalue weighted by Gasteiger charge is -2.11. The molecule has 2 aromatic rings. The predicted molar refractivity (Wildman–Crippen MR) is 76.9 cm³/mol. The standard InChI is InChI=1S/C11H12BrN5OS/c1-7(19-11-14-15-16-17(11)2)10(18)13-9-5-3-4-8(12)6-9/h3-7H,1-2H3,(H,13,18). The maximum Gasteiger partial charge on any atom is 0.237 e. The monoisotopic (exact) mass is 341 g/mol. The van der Waals surface area contributed by atoms with Crippen molar-refractivity contribution in [2.75, 3.05) is 5.32 Å². The summed E-state index contributed by atoms with van der Waals surface area (Å²) in [6, 6.07) is 7.45. The zero-order chi connectivity index (χ0) is 13.8. The van der Waals surface area contributed by atoms with Gasteiger partial charge < -0.3 is 5.32 Å². The van der Waals surface area contributed by atoms with Crippen molar-refractivity contribution in [2.24, 2.45) is 7.05 Å². The summed E-state index contributed by atoms with van der Waals surface area (Å²) in [5.41, 5.74) is 0.753. The maximum atomic E-state index is 12.0. The van der Waals surface area contributed by atoms with E-state index in [-0.39, 0.29) is 11.2 Å². The van der Waals surface area contributed by atoms with Crippen LogP contribution < -0.4 is 5.32 Å². The highest BCUT2D eigenvalue weighted by Gasteiger charge is 2.17. The molecule has 0 bridgehead atoms. The Kier molecular flexibility index (Phi) is 4.54. The van der Waals surface area contributed by atoms with Crippen LogP contribution in [0.2, 0.25) is 0 Å². The first-order valence-corrected chi connectivity index (χ1v) is 7.19. The number of carbonyl (C=O) groups is 1. The fraction of sp³-hybridized carbons (Fsp3) is 0.273. The molecule has 19 heavy (non-hydrogen) atoms. The van der Waals surface area contributed by atoms with Gasteiger partial charge in [0.2, 0.25) is 11.1 Å². The number of nitrogens with one attached hydrogen (secondary N) is 1. The van der Waals surface area contributed by atoms with Gasteiger partial charge in [0.25, 0.3) is 0 Å². The number of rotatable bonds is 4. The molecule has 0 radical (unpaired) electrons. The van der Waals surface area contributed by atoms with E-state index in [9.17, 15) is 4.79 Å². The summed E-state index contributed by atoms with van der Waals surface area (Å²) in [7, 11) is 1.74. The SMILES string of the molecule is CC(Sc1nnnn1C)C(=O)Nc1cccc(Br)c1. The number of nitrogens with zero attached hydrogens (tertiary/aromatic N) is 4. The number of anilines is 1. The first-order valence-electron chi connectivity index (χ1n) is 5.51. The molecule has 1 heterocycles. The van der Waals surface area contributed by atoms with Gasteiger partial charge in [-0.15, -0.1) is 5.10 Å². The minimum atomic E-state index is -0.288. The Balaban J connectivity index is 1.98. The van der Waals surface area contributed by atoms with Gasteiger partial charge in [-0.2, -0.15) is 0 Å². The normalized spacial score (nSPS) is 12.2. The third kappa shape index (κ3) is 3.77. The van der Waals surface area contributed by atoms with Gasteiger partial charge in [0.15, 0.2) is 0 Å². The fourth-order valence-electron chi connectivity index (χ4n) is 1.34. The highest BCUT2D eigenvalue weighted by molar-refractivity contribution is 9.10. The van der Waals surface area contributed by atoms with Gasteiger partial charge in [0.05, 0.1) is 5.25 Å². The molecular weight excluding hydrogens is 330 g/mol. The predicted octanol–water partition coefficient (Wildman–Crippen LogP) is 2.09. The molecule has 0 saturated heterocycles. The van der Waals surface area contributed by atoms with Gasteiger partial charge in [0, 0.05) is 17.2 Å². The summed E-state index contributed by atoms with van der Waals surface area (Å²) in [4.78, 5) is 12.0. The number of thioether (sulfide) groups is 1. The smallest absolute Gasteiger partial charge is 0.237 e. The van der Waals surface area contributed by atoms with E-state index in [1.54, 1.807) is 7.05 Å². The number of hydrogen-bond acceptors (Lipinski definition) is 5. The van der Waals surface area contributed by atoms with Crippen molar-refractivity contribution in [3.8, 4) is 0 Å². The molecule has 2 rings (SSSR count). The highest BCUT2D eigenvalue weighted by atomic mass is 79.9. The summed E-state index contributed by atoms with van der Waals surface area (Å²) >= 11 is 4.67. The maximum absolute atomic E-state index is 12.0. The lowest BCUT2D eigenvalue weighted by molar-refractivity contribution is -0.115. The van der Waals surface area contributed by atoms with E-state index in [4.69, 9.17) is 0 Å². The fourth-order valence-corrected chi connectivity index (χ4v) is 2.50. The Labute approximate surface area is 123 Å². The number of aromatic nitrogens is 4. The number of benzene rings is 1. The van der Waals surface area contributed by atoms with Crippen molar-refractivity contribution in [1.29, 1.82) is 0 Å². The summed E-state index contributed by atoms with van der Waals surface area (Å²) < 4.78 is 2.45. The van der Waals surface area contributed by atoms with Crippen LogP contribution >= 0.6 is 27.7 Å². The van der Waals surface area contributed by atoms with Gasteiger partial charge in [-0.25, -0.2) is 4.68 Å². The van der Waals surface area contributed by atoms with Crippen molar-refractivity contribution in [3.05, 3.63) is 28.7 Å². The van der Waals surface area contributed by atoms with Gasteiger partial charge in [-0.3, -0.25) is 4.79 Å². The Morgan fingerprint density at radius 2 is 2.32 bits per heavy atom. The quantitative estimate of drug-likeness (QED) is 0.862. The van der Waals surface area contributed by atoms with E-state index in [1.807, 2.05) is 31.2 Å². The lowest BCUT2D eigenvalue weighted by Crippen LogP contribution is -2.22. The number of hydrogen-bond donors (Lipinski definition) is 1. The minimum Gasteiger partial charge on any atom is -0.325 e. The average Bonchev–Trinajstić information content (AvgIpc) is 2.75. The molecule has 1 unspecified atom stereocenters. The molecule has 100 valence electrons. The van der Waals surface area contributed by atoms with Crippen LogP contribution in [0.15, 0.2) is 33.9 Å². The summed E-state index contributed by atoms with van der Waals surface area (Å²) in [6.07, 6.45) is 0. The van der Waals surface area contributed by atoms with Gasteiger partial charge in [-0.1, -0.05) is 33.8 Å². The summed E-state index contributed by atoms with van der Waals surface area (Å²) in [5, 5.41) is 14.3. The van der Waals surface area contributed by atoms with Gasteiger partial charge in [0.1, 0.15) is 0 Å². The lowest BCUT2D eigenvalue weighted by atomic mass is 10.3. The van der Waals surface area contributed by atoms with E-state index in [0.29, 0.717) is 5.16 Å². The number of tetrazole rings is 1. The topological polar surface area (TPSA) is 72.7 Å². The molecule has 1 amide bonds. The highest BCUT2D eigenvalue weighted by Crippen LogP contribution is 2.21. The first-order chi connectivity index (χ1) is 9.06. The van der Waals surface area contributed by atoms with E-state index in [1.165, 1.54) is 16.4 Å². The molecule has 0 fully saturated rings. The van der Waals surface area contributed by atoms with E-state index >= 15 is 0 Å². The molecule has 1 aromatic heterocycles. The zero-order valence-electron chi connectivity index (χ0n) is 10.4. The Morgan fingerprint density at radius 1 is 1.53 bits per heavy atom. The van der Waals surface area contributed by atoms with E-state index < -0.39 is 0 Å². The second-order valence-electron chi connectivity index (χ2n) is 3.84. The molecule has 1 atom stereocenters. The molecular formula is C11H12BrN5OS. The average molecular weight is 342 g/mol. The summed E-state index contributed by atoms with van der Waals surface area (Å²) in [5.74, 6) is -0.0916. The van der Waals surface area contributed by atoms with Crippen molar-refractivity contribution < 1.29 is 4.79 Å². The third-order valence-corrected chi connectivity index (χ3v) is 3.94. The van der Waals surface area contributed by atoms with Crippen molar-refractivity contribution in [1.82, 2.24) is 20.2 Å². The van der Waals surface area contributed by atoms with Crippen LogP contribution in [0.3, 0.4) is 0 Å². The molecule has 0 aliphatic carbocycles. The Bertz CT molecular complexity index is 588. The molecule has 0 aliphatic heterocycles. The molecule has 0 aliphatic rings. The molecule has 8 heteroatoms. The van der Waals surface area contributed by atoms with Gasteiger partial charge in [-0.05, 0) is 35.5 Å². The molecule has 1 N–H and O–H groups in total. The molecule has 1 aromatic carbocycles. The van der Waals surface area contributed by atoms with E-state index in [2.05, 4.69) is 36.8 Å². The van der Waals surface area contributed by atoms with Crippen LogP contribution in [0.4, 0.5) is 5.69 Å². The van der Waals surface area contributed by atoms with Crippen LogP contribution in [0.1, 0.15) is 6.92 Å². The van der Waals surface area contributed by atoms with Crippen LogP contribution in [-0.4, -0.2) is 31.4 Å². The minimum absolute atomic E-state index is 0.0916. The van der Waals surface area contributed by atoms with Crippen molar-refractivity contribution in [3.63, 3.8) is 0 Å². The summed E-state index contributed by atoms with van der Waals surface area (Å²) in [6.45, 7) is 1.81. The molecule has 0 saturated carbocycles. The number of aryl methyl sites for hydroxylation is 1. The first kappa shape index (κ1) is 14.0. The van der Waals surface area contributed by atoms with Gasteiger partial charge >= 0.3 is 0 Å². The van der Waals surface area contributed by atoms with Crippen LogP contribution in [-0.2, 0) is 11.8 Å². The Hall–Kier alpha value is -1.41. The molecule has 6 nitrogen and oxygen atoms in total. The van der Waals surface area contributed by atoms with E-state index in [0.717, 1.165) is 10.2 Å². The second kappa shape index (κ2) is 6.16.